The van der Waals surface area contributed by atoms with Gasteiger partial charge in [0.1, 0.15) is 6.04 Å². The Labute approximate surface area is 152 Å². The van der Waals surface area contributed by atoms with Crippen molar-refractivity contribution in [3.63, 3.8) is 0 Å². The first-order valence-corrected chi connectivity index (χ1v) is 8.56. The third kappa shape index (κ3) is 3.77. The Bertz CT molecular complexity index is 822. The number of halogens is 1. The number of para-hydroxylation sites is 1. The first kappa shape index (κ1) is 17.3. The number of nitrogens with one attached hydrogen (secondary N) is 2. The van der Waals surface area contributed by atoms with E-state index in [0.717, 1.165) is 23.4 Å². The number of benzene rings is 2. The number of hydrogen-bond donors (Lipinski definition) is 2. The molecule has 0 radical (unpaired) electrons. The monoisotopic (exact) mass is 357 g/mol. The Morgan fingerprint density at radius 1 is 1.20 bits per heavy atom. The van der Waals surface area contributed by atoms with Crippen molar-refractivity contribution in [2.75, 3.05) is 22.1 Å². The van der Waals surface area contributed by atoms with E-state index in [2.05, 4.69) is 10.6 Å². The van der Waals surface area contributed by atoms with Crippen LogP contribution in [0.4, 0.5) is 17.1 Å². The summed E-state index contributed by atoms with van der Waals surface area (Å²) in [5, 5.41) is 6.52. The van der Waals surface area contributed by atoms with Gasteiger partial charge in [-0.25, -0.2) is 0 Å². The van der Waals surface area contributed by atoms with Crippen LogP contribution in [-0.2, 0) is 16.0 Å². The smallest absolute Gasteiger partial charge is 0.246 e. The van der Waals surface area contributed by atoms with E-state index in [1.807, 2.05) is 30.3 Å². The van der Waals surface area contributed by atoms with Gasteiger partial charge in [-0.3, -0.25) is 9.59 Å². The van der Waals surface area contributed by atoms with E-state index in [4.69, 9.17) is 11.6 Å². The van der Waals surface area contributed by atoms with Crippen LogP contribution in [0.15, 0.2) is 42.5 Å². The lowest BCUT2D eigenvalue weighted by Crippen LogP contribution is -2.32. The third-order valence-corrected chi connectivity index (χ3v) is 4.59. The van der Waals surface area contributed by atoms with Gasteiger partial charge >= 0.3 is 0 Å². The fourth-order valence-corrected chi connectivity index (χ4v) is 3.12. The molecule has 0 aliphatic carbocycles. The fourth-order valence-electron chi connectivity index (χ4n) is 2.94. The van der Waals surface area contributed by atoms with Crippen LogP contribution in [0.1, 0.15) is 19.4 Å². The molecule has 0 saturated carbocycles. The maximum absolute atomic E-state index is 12.4. The van der Waals surface area contributed by atoms with Crippen molar-refractivity contribution in [1.82, 2.24) is 0 Å². The van der Waals surface area contributed by atoms with Crippen molar-refractivity contribution in [3.8, 4) is 0 Å². The van der Waals surface area contributed by atoms with E-state index in [-0.39, 0.29) is 11.8 Å². The Balaban J connectivity index is 1.67. The molecular formula is C19H20ClN3O2. The van der Waals surface area contributed by atoms with Crippen molar-refractivity contribution in [2.24, 2.45) is 0 Å². The molecule has 0 bridgehead atoms. The normalized spacial score (nSPS) is 14.0. The number of anilines is 3. The molecule has 1 aliphatic rings. The second-order valence-corrected chi connectivity index (χ2v) is 6.51. The molecule has 3 rings (SSSR count). The molecule has 2 N–H and O–H groups in total. The van der Waals surface area contributed by atoms with Gasteiger partial charge in [0.2, 0.25) is 11.8 Å². The summed E-state index contributed by atoms with van der Waals surface area (Å²) in [6.07, 6.45) is 0.824. The fraction of sp³-hybridized carbons (Fsp3) is 0.263. The van der Waals surface area contributed by atoms with Crippen LogP contribution in [0.3, 0.4) is 0 Å². The molecule has 25 heavy (non-hydrogen) atoms. The van der Waals surface area contributed by atoms with Crippen LogP contribution in [0, 0.1) is 0 Å². The van der Waals surface area contributed by atoms with E-state index >= 15 is 0 Å². The minimum Gasteiger partial charge on any atom is -0.374 e. The van der Waals surface area contributed by atoms with Crippen molar-refractivity contribution in [2.45, 2.75) is 26.3 Å². The molecule has 1 atom stereocenters. The molecule has 0 fully saturated rings. The standard InChI is InChI=1S/C19H20ClN3O2/c1-12(19(25)22-17-6-4-3-5-16(17)20)21-15-7-8-18-14(11-15)9-10-23(18)13(2)24/h3-8,11-12,21H,9-10H2,1-2H3,(H,22,25)/t12-/m0/s1. The summed E-state index contributed by atoms with van der Waals surface area (Å²) in [6.45, 7) is 4.07. The minimum absolute atomic E-state index is 0.0481. The topological polar surface area (TPSA) is 61.4 Å². The molecule has 1 heterocycles. The number of hydrogen-bond acceptors (Lipinski definition) is 3. The summed E-state index contributed by atoms with van der Waals surface area (Å²) in [7, 11) is 0. The van der Waals surface area contributed by atoms with Gasteiger partial charge in [-0.05, 0) is 49.2 Å². The molecule has 0 spiro atoms. The van der Waals surface area contributed by atoms with E-state index < -0.39 is 6.04 Å². The van der Waals surface area contributed by atoms with E-state index in [0.29, 0.717) is 17.3 Å². The molecule has 0 aromatic heterocycles. The molecule has 6 heteroatoms. The first-order chi connectivity index (χ1) is 12.0. The zero-order chi connectivity index (χ0) is 18.0. The molecule has 2 aromatic carbocycles. The van der Waals surface area contributed by atoms with Crippen molar-refractivity contribution in [3.05, 3.63) is 53.1 Å². The lowest BCUT2D eigenvalue weighted by Gasteiger charge is -2.18. The predicted molar refractivity (Wildman–Crippen MR) is 101 cm³/mol. The summed E-state index contributed by atoms with van der Waals surface area (Å²) < 4.78 is 0. The molecule has 2 aromatic rings. The number of carbonyl (C=O) groups is 2. The number of nitrogens with zero attached hydrogens (tertiary/aromatic N) is 1. The Kier molecular flexibility index (Phi) is 4.95. The summed E-state index contributed by atoms with van der Waals surface area (Å²) in [4.78, 5) is 25.7. The van der Waals surface area contributed by atoms with Crippen LogP contribution < -0.4 is 15.5 Å². The average molecular weight is 358 g/mol. The highest BCUT2D eigenvalue weighted by atomic mass is 35.5. The van der Waals surface area contributed by atoms with Crippen LogP contribution >= 0.6 is 11.6 Å². The van der Waals surface area contributed by atoms with Crippen LogP contribution in [-0.4, -0.2) is 24.4 Å². The lowest BCUT2D eigenvalue weighted by molar-refractivity contribution is -0.117. The summed E-state index contributed by atoms with van der Waals surface area (Å²) in [5.74, 6) is -0.120. The number of fused-ring (bicyclic) bond motifs is 1. The van der Waals surface area contributed by atoms with E-state index in [1.165, 1.54) is 0 Å². The highest BCUT2D eigenvalue weighted by Crippen LogP contribution is 2.30. The van der Waals surface area contributed by atoms with Gasteiger partial charge < -0.3 is 15.5 Å². The average Bonchev–Trinajstić information content (AvgIpc) is 3.00. The Hall–Kier alpha value is -2.53. The summed E-state index contributed by atoms with van der Waals surface area (Å²) >= 11 is 6.07. The van der Waals surface area contributed by atoms with Gasteiger partial charge in [0.05, 0.1) is 10.7 Å². The van der Waals surface area contributed by atoms with Gasteiger partial charge in [0, 0.05) is 24.8 Å². The predicted octanol–water partition coefficient (Wildman–Crippen LogP) is 3.69. The zero-order valence-electron chi connectivity index (χ0n) is 14.2. The largest absolute Gasteiger partial charge is 0.374 e. The van der Waals surface area contributed by atoms with Gasteiger partial charge in [-0.1, -0.05) is 23.7 Å². The molecule has 0 unspecified atom stereocenters. The van der Waals surface area contributed by atoms with Gasteiger partial charge in [-0.15, -0.1) is 0 Å². The molecule has 5 nitrogen and oxygen atoms in total. The van der Waals surface area contributed by atoms with Crippen molar-refractivity contribution in [1.29, 1.82) is 0 Å². The number of rotatable bonds is 4. The van der Waals surface area contributed by atoms with Gasteiger partial charge in [0.15, 0.2) is 0 Å². The first-order valence-electron chi connectivity index (χ1n) is 8.18. The summed E-state index contributed by atoms with van der Waals surface area (Å²) in [5.41, 5.74) is 3.50. The Morgan fingerprint density at radius 2 is 1.96 bits per heavy atom. The van der Waals surface area contributed by atoms with E-state index in [9.17, 15) is 9.59 Å². The molecular weight excluding hydrogens is 338 g/mol. The third-order valence-electron chi connectivity index (χ3n) is 4.26. The quantitative estimate of drug-likeness (QED) is 0.877. The second kappa shape index (κ2) is 7.15. The van der Waals surface area contributed by atoms with Crippen LogP contribution in [0.2, 0.25) is 5.02 Å². The minimum atomic E-state index is -0.431. The maximum Gasteiger partial charge on any atom is 0.246 e. The van der Waals surface area contributed by atoms with E-state index in [1.54, 1.807) is 30.9 Å². The van der Waals surface area contributed by atoms with Crippen molar-refractivity contribution >= 4 is 40.5 Å². The highest BCUT2D eigenvalue weighted by Gasteiger charge is 2.22. The zero-order valence-corrected chi connectivity index (χ0v) is 14.9. The second-order valence-electron chi connectivity index (χ2n) is 6.10. The molecule has 0 saturated heterocycles. The number of amides is 2. The van der Waals surface area contributed by atoms with Crippen LogP contribution in [0.5, 0.6) is 0 Å². The van der Waals surface area contributed by atoms with Crippen LogP contribution in [0.25, 0.3) is 0 Å². The maximum atomic E-state index is 12.4. The van der Waals surface area contributed by atoms with Gasteiger partial charge in [0.25, 0.3) is 0 Å². The Morgan fingerprint density at radius 3 is 2.68 bits per heavy atom. The van der Waals surface area contributed by atoms with Gasteiger partial charge in [-0.2, -0.15) is 0 Å². The summed E-state index contributed by atoms with van der Waals surface area (Å²) in [6, 6.07) is 12.5. The molecule has 2 amide bonds. The SMILES string of the molecule is CC(=O)N1CCc2cc(N[C@@H](C)C(=O)Nc3ccccc3Cl)ccc21. The number of carbonyl (C=O) groups excluding carboxylic acids is 2. The lowest BCUT2D eigenvalue weighted by atomic mass is 10.1. The molecule has 130 valence electrons. The highest BCUT2D eigenvalue weighted by molar-refractivity contribution is 6.33. The van der Waals surface area contributed by atoms with Crippen molar-refractivity contribution < 1.29 is 9.59 Å². The molecule has 1 aliphatic heterocycles.